The summed E-state index contributed by atoms with van der Waals surface area (Å²) in [5, 5.41) is 7.55. The number of nitrogens with zero attached hydrogens (tertiary/aromatic N) is 2. The summed E-state index contributed by atoms with van der Waals surface area (Å²) in [6, 6.07) is 3.38. The summed E-state index contributed by atoms with van der Waals surface area (Å²) in [5.74, 6) is -1.17. The Balaban J connectivity index is 2.40. The molecule has 1 aliphatic rings. The summed E-state index contributed by atoms with van der Waals surface area (Å²) in [7, 11) is 0. The van der Waals surface area contributed by atoms with E-state index in [1.807, 2.05) is 0 Å². The monoisotopic (exact) mass is 194 g/mol. The smallest absolute Gasteiger partial charge is 0.126 e. The lowest BCUT2D eigenvalue weighted by molar-refractivity contribution is 0.582. The Labute approximate surface area is 80.0 Å². The van der Waals surface area contributed by atoms with E-state index in [9.17, 15) is 8.78 Å². The molecule has 1 heterocycles. The van der Waals surface area contributed by atoms with Gasteiger partial charge in [0.2, 0.25) is 0 Å². The largest absolute Gasteiger partial charge is 0.207 e. The molecule has 72 valence electrons. The van der Waals surface area contributed by atoms with Gasteiger partial charge >= 0.3 is 0 Å². The Morgan fingerprint density at radius 2 is 1.79 bits per heavy atom. The molecule has 1 aromatic rings. The van der Waals surface area contributed by atoms with E-state index in [2.05, 4.69) is 10.2 Å². The summed E-state index contributed by atoms with van der Waals surface area (Å²) in [4.78, 5) is 0. The first kappa shape index (κ1) is 8.99. The van der Waals surface area contributed by atoms with E-state index in [0.717, 1.165) is 12.5 Å². The average molecular weight is 194 g/mol. The number of rotatable bonds is 1. The first-order valence-corrected chi connectivity index (χ1v) is 4.30. The molecule has 0 aliphatic carbocycles. The first-order valence-electron chi connectivity index (χ1n) is 4.30. The molecule has 2 nitrogen and oxygen atoms in total. The van der Waals surface area contributed by atoms with Crippen LogP contribution in [0.5, 0.6) is 0 Å². The molecule has 1 aromatic carbocycles. The van der Waals surface area contributed by atoms with Gasteiger partial charge in [0.15, 0.2) is 0 Å². The van der Waals surface area contributed by atoms with Crippen molar-refractivity contribution < 1.29 is 8.78 Å². The zero-order chi connectivity index (χ0) is 9.97. The van der Waals surface area contributed by atoms with Crippen LogP contribution >= 0.6 is 0 Å². The van der Waals surface area contributed by atoms with Crippen molar-refractivity contribution in [1.29, 1.82) is 0 Å². The van der Waals surface area contributed by atoms with Crippen LogP contribution in [0.4, 0.5) is 8.78 Å². The van der Waals surface area contributed by atoms with Gasteiger partial charge in [-0.3, -0.25) is 0 Å². The van der Waals surface area contributed by atoms with E-state index in [1.165, 1.54) is 12.1 Å². The molecule has 4 heteroatoms. The van der Waals surface area contributed by atoms with Crippen molar-refractivity contribution in [2.45, 2.75) is 12.8 Å². The highest BCUT2D eigenvalue weighted by Crippen LogP contribution is 2.13. The fourth-order valence-electron chi connectivity index (χ4n) is 1.34. The van der Waals surface area contributed by atoms with Crippen LogP contribution in [0.3, 0.4) is 0 Å². The highest BCUT2D eigenvalue weighted by Gasteiger charge is 2.08. The lowest BCUT2D eigenvalue weighted by Gasteiger charge is -2.06. The van der Waals surface area contributed by atoms with E-state index in [-0.39, 0.29) is 0 Å². The van der Waals surface area contributed by atoms with Crippen LogP contribution in [0.15, 0.2) is 28.4 Å². The van der Waals surface area contributed by atoms with Crippen molar-refractivity contribution in [3.05, 3.63) is 35.4 Å². The van der Waals surface area contributed by atoms with E-state index in [1.54, 1.807) is 6.21 Å². The molecule has 0 saturated carbocycles. The zero-order valence-corrected chi connectivity index (χ0v) is 7.37. The van der Waals surface area contributed by atoms with Crippen molar-refractivity contribution in [3.8, 4) is 0 Å². The summed E-state index contributed by atoms with van der Waals surface area (Å²) < 4.78 is 25.7. The van der Waals surface area contributed by atoms with Crippen LogP contribution in [0.1, 0.15) is 18.4 Å². The third kappa shape index (κ3) is 1.84. The molecule has 0 N–H and O–H groups in total. The number of halogens is 2. The van der Waals surface area contributed by atoms with E-state index in [4.69, 9.17) is 0 Å². The molecule has 0 aromatic heterocycles. The maximum Gasteiger partial charge on any atom is 0.126 e. The fourth-order valence-corrected chi connectivity index (χ4v) is 1.34. The van der Waals surface area contributed by atoms with Crippen molar-refractivity contribution in [3.63, 3.8) is 0 Å². The lowest BCUT2D eigenvalue weighted by Crippen LogP contribution is -2.05. The Morgan fingerprint density at radius 3 is 2.36 bits per heavy atom. The van der Waals surface area contributed by atoms with E-state index < -0.39 is 11.6 Å². The predicted octanol–water partition coefficient (Wildman–Crippen LogP) is 2.53. The molecule has 0 bridgehead atoms. The van der Waals surface area contributed by atoms with Crippen LogP contribution in [0, 0.1) is 11.6 Å². The molecule has 0 atom stereocenters. The van der Waals surface area contributed by atoms with Crippen LogP contribution < -0.4 is 0 Å². The fraction of sp³-hybridized carbons (Fsp3) is 0.200. The van der Waals surface area contributed by atoms with Gasteiger partial charge in [0.1, 0.15) is 11.6 Å². The summed E-state index contributed by atoms with van der Waals surface area (Å²) in [6.07, 6.45) is 3.11. The topological polar surface area (TPSA) is 24.7 Å². The van der Waals surface area contributed by atoms with Crippen molar-refractivity contribution >= 4 is 11.9 Å². The van der Waals surface area contributed by atoms with Gasteiger partial charge in [-0.2, -0.15) is 10.2 Å². The predicted molar refractivity (Wildman–Crippen MR) is 50.6 cm³/mol. The van der Waals surface area contributed by atoms with Crippen LogP contribution in [0.2, 0.25) is 0 Å². The van der Waals surface area contributed by atoms with Crippen molar-refractivity contribution in [2.75, 3.05) is 0 Å². The highest BCUT2D eigenvalue weighted by molar-refractivity contribution is 6.02. The average Bonchev–Trinajstić information content (AvgIpc) is 2.18. The Morgan fingerprint density at radius 1 is 1.07 bits per heavy atom. The molecule has 0 fully saturated rings. The molecule has 14 heavy (non-hydrogen) atoms. The standard InChI is InChI=1S/C10H8F2N2/c11-8-4-7(5-9(12)6-8)10-2-1-3-13-14-10/h3-6H,1-2H2. The van der Waals surface area contributed by atoms with Crippen LogP contribution in [-0.2, 0) is 0 Å². The van der Waals surface area contributed by atoms with Gasteiger partial charge in [0.25, 0.3) is 0 Å². The first-order chi connectivity index (χ1) is 6.75. The molecule has 2 rings (SSSR count). The maximum atomic E-state index is 12.8. The van der Waals surface area contributed by atoms with Crippen LogP contribution in [-0.4, -0.2) is 11.9 Å². The number of benzene rings is 1. The van der Waals surface area contributed by atoms with Crippen molar-refractivity contribution in [2.24, 2.45) is 10.2 Å². The Bertz CT molecular complexity index is 390. The third-order valence-corrected chi connectivity index (χ3v) is 1.97. The lowest BCUT2D eigenvalue weighted by atomic mass is 10.1. The second-order valence-electron chi connectivity index (χ2n) is 3.04. The molecule has 0 unspecified atom stereocenters. The minimum absolute atomic E-state index is 0.472. The number of hydrogen-bond acceptors (Lipinski definition) is 2. The zero-order valence-electron chi connectivity index (χ0n) is 7.37. The highest BCUT2D eigenvalue weighted by atomic mass is 19.1. The molecule has 1 aliphatic heterocycles. The van der Waals surface area contributed by atoms with Gasteiger partial charge in [-0.25, -0.2) is 8.78 Å². The minimum atomic E-state index is -0.586. The van der Waals surface area contributed by atoms with Gasteiger partial charge in [-0.05, 0) is 25.0 Å². The maximum absolute atomic E-state index is 12.8. The van der Waals surface area contributed by atoms with Gasteiger partial charge in [-0.1, -0.05) is 0 Å². The second-order valence-corrected chi connectivity index (χ2v) is 3.04. The molecular weight excluding hydrogens is 186 g/mol. The molecular formula is C10H8F2N2. The normalized spacial score (nSPS) is 15.4. The molecule has 0 amide bonds. The second kappa shape index (κ2) is 3.65. The van der Waals surface area contributed by atoms with Gasteiger partial charge in [0.05, 0.1) is 5.71 Å². The Hall–Kier alpha value is -1.58. The van der Waals surface area contributed by atoms with Gasteiger partial charge in [0, 0.05) is 17.8 Å². The third-order valence-electron chi connectivity index (χ3n) is 1.97. The quantitative estimate of drug-likeness (QED) is 0.656. The minimum Gasteiger partial charge on any atom is -0.207 e. The molecule has 0 saturated heterocycles. The summed E-state index contributed by atoms with van der Waals surface area (Å²) in [5.41, 5.74) is 1.10. The number of hydrogen-bond donors (Lipinski definition) is 0. The molecule has 0 spiro atoms. The van der Waals surface area contributed by atoms with Crippen LogP contribution in [0.25, 0.3) is 0 Å². The summed E-state index contributed by atoms with van der Waals surface area (Å²) in [6.45, 7) is 0. The SMILES string of the molecule is Fc1cc(F)cc(C2=NN=CCC2)c1. The van der Waals surface area contributed by atoms with Gasteiger partial charge in [-0.15, -0.1) is 0 Å². The summed E-state index contributed by atoms with van der Waals surface area (Å²) >= 11 is 0. The van der Waals surface area contributed by atoms with Gasteiger partial charge < -0.3 is 0 Å². The van der Waals surface area contributed by atoms with E-state index >= 15 is 0 Å². The molecule has 0 radical (unpaired) electrons. The Kier molecular flexibility index (Phi) is 2.35. The van der Waals surface area contributed by atoms with Crippen molar-refractivity contribution in [1.82, 2.24) is 0 Å². The van der Waals surface area contributed by atoms with E-state index in [0.29, 0.717) is 17.7 Å².